The smallest absolute Gasteiger partial charge is 0.251 e. The van der Waals surface area contributed by atoms with E-state index in [4.69, 9.17) is 0 Å². The topological polar surface area (TPSA) is 34.0 Å². The summed E-state index contributed by atoms with van der Waals surface area (Å²) in [5, 5.41) is 4.07. The highest BCUT2D eigenvalue weighted by Crippen LogP contribution is 2.27. The van der Waals surface area contributed by atoms with E-state index in [0.717, 1.165) is 33.5 Å². The number of carbonyl (C=O) groups is 1. The Morgan fingerprint density at radius 1 is 0.970 bits per heavy atom. The molecule has 5 heteroatoms. The molecule has 0 spiro atoms. The maximum Gasteiger partial charge on any atom is 0.251 e. The lowest BCUT2D eigenvalue weighted by molar-refractivity contribution is 0.0951. The van der Waals surface area contributed by atoms with E-state index < -0.39 is 0 Å². The molecular formula is C28H29FN2OS. The molecule has 0 aliphatic carbocycles. The molecule has 3 aromatic carbocycles. The maximum absolute atomic E-state index is 13.3. The molecule has 1 heterocycles. The van der Waals surface area contributed by atoms with Crippen molar-refractivity contribution in [2.24, 2.45) is 0 Å². The van der Waals surface area contributed by atoms with Crippen LogP contribution in [0.3, 0.4) is 0 Å². The quantitative estimate of drug-likeness (QED) is 0.287. The Bertz CT molecular complexity index is 1240. The number of hydrogen-bond donors (Lipinski definition) is 1. The molecule has 0 saturated heterocycles. The Balaban J connectivity index is 1.52. The molecule has 1 N–H and O–H groups in total. The highest BCUT2D eigenvalue weighted by atomic mass is 32.2. The number of hydrogen-bond acceptors (Lipinski definition) is 2. The van der Waals surface area contributed by atoms with Crippen molar-refractivity contribution in [2.45, 2.75) is 44.7 Å². The van der Waals surface area contributed by atoms with Gasteiger partial charge in [-0.3, -0.25) is 4.79 Å². The second-order valence-corrected chi connectivity index (χ2v) is 9.77. The molecule has 0 radical (unpaired) electrons. The van der Waals surface area contributed by atoms with Gasteiger partial charge in [0.2, 0.25) is 0 Å². The first-order chi connectivity index (χ1) is 15.9. The molecule has 0 unspecified atom stereocenters. The zero-order valence-corrected chi connectivity index (χ0v) is 20.1. The highest BCUT2D eigenvalue weighted by Gasteiger charge is 2.14. The highest BCUT2D eigenvalue weighted by molar-refractivity contribution is 7.99. The first kappa shape index (κ1) is 23.1. The van der Waals surface area contributed by atoms with Gasteiger partial charge in [0.1, 0.15) is 5.82 Å². The fourth-order valence-electron chi connectivity index (χ4n) is 4.15. The summed E-state index contributed by atoms with van der Waals surface area (Å²) in [6.45, 7) is 6.94. The molecule has 3 nitrogen and oxygen atoms in total. The molecule has 0 fully saturated rings. The van der Waals surface area contributed by atoms with Crippen molar-refractivity contribution in [3.8, 4) is 0 Å². The van der Waals surface area contributed by atoms with Crippen LogP contribution in [-0.4, -0.2) is 16.2 Å². The summed E-state index contributed by atoms with van der Waals surface area (Å²) in [6, 6.07) is 23.2. The van der Waals surface area contributed by atoms with Crippen LogP contribution < -0.4 is 5.32 Å². The van der Waals surface area contributed by atoms with Crippen molar-refractivity contribution in [2.75, 3.05) is 5.75 Å². The van der Waals surface area contributed by atoms with Crippen molar-refractivity contribution < 1.29 is 9.18 Å². The Labute approximate surface area is 199 Å². The van der Waals surface area contributed by atoms with Crippen molar-refractivity contribution in [1.29, 1.82) is 0 Å². The summed E-state index contributed by atoms with van der Waals surface area (Å²) >= 11 is 1.81. The third-order valence-corrected chi connectivity index (χ3v) is 6.58. The Kier molecular flexibility index (Phi) is 7.19. The van der Waals surface area contributed by atoms with Gasteiger partial charge in [0.25, 0.3) is 5.91 Å². The average molecular weight is 461 g/mol. The summed E-state index contributed by atoms with van der Waals surface area (Å²) in [6.07, 6.45) is 0.709. The Morgan fingerprint density at radius 2 is 1.67 bits per heavy atom. The third-order valence-electron chi connectivity index (χ3n) is 5.68. The Hall–Kier alpha value is -3.05. The van der Waals surface area contributed by atoms with E-state index in [1.165, 1.54) is 17.0 Å². The lowest BCUT2D eigenvalue weighted by atomic mass is 10.1. The van der Waals surface area contributed by atoms with Crippen molar-refractivity contribution >= 4 is 28.6 Å². The monoisotopic (exact) mass is 460 g/mol. The van der Waals surface area contributed by atoms with Gasteiger partial charge < -0.3 is 9.88 Å². The lowest BCUT2D eigenvalue weighted by Crippen LogP contribution is -2.22. The second kappa shape index (κ2) is 10.3. The summed E-state index contributed by atoms with van der Waals surface area (Å²) < 4.78 is 15.6. The first-order valence-electron chi connectivity index (χ1n) is 11.3. The van der Waals surface area contributed by atoms with Crippen molar-refractivity contribution in [3.63, 3.8) is 0 Å². The number of thioether (sulfide) groups is 1. The number of aromatic nitrogens is 1. The van der Waals surface area contributed by atoms with Gasteiger partial charge in [-0.25, -0.2) is 4.39 Å². The number of fused-ring (bicyclic) bond motifs is 1. The first-order valence-corrected chi connectivity index (χ1v) is 12.3. The number of halogens is 1. The molecular weight excluding hydrogens is 431 g/mol. The number of benzene rings is 3. The molecule has 170 valence electrons. The van der Waals surface area contributed by atoms with E-state index in [9.17, 15) is 9.18 Å². The number of nitrogens with zero attached hydrogens (tertiary/aromatic N) is 1. The maximum atomic E-state index is 13.3. The van der Waals surface area contributed by atoms with Gasteiger partial charge in [-0.05, 0) is 79.3 Å². The van der Waals surface area contributed by atoms with Crippen molar-refractivity contribution in [1.82, 2.24) is 9.88 Å². The van der Waals surface area contributed by atoms with Gasteiger partial charge >= 0.3 is 0 Å². The van der Waals surface area contributed by atoms with Gasteiger partial charge in [0, 0.05) is 46.1 Å². The molecule has 0 aliphatic rings. The van der Waals surface area contributed by atoms with E-state index in [1.807, 2.05) is 30.3 Å². The lowest BCUT2D eigenvalue weighted by Gasteiger charge is -2.15. The molecule has 0 atom stereocenters. The van der Waals surface area contributed by atoms with Crippen LogP contribution in [0.4, 0.5) is 4.39 Å². The molecule has 4 rings (SSSR count). The summed E-state index contributed by atoms with van der Waals surface area (Å²) in [4.78, 5) is 14.1. The predicted molar refractivity (Wildman–Crippen MR) is 136 cm³/mol. The van der Waals surface area contributed by atoms with Gasteiger partial charge in [-0.1, -0.05) is 31.2 Å². The van der Waals surface area contributed by atoms with Gasteiger partial charge in [-0.15, -0.1) is 11.8 Å². The standard InChI is InChI=1S/C28H29FN2OS/c1-4-33-26-12-7-21(8-13-26)18-30-28(32)22-9-14-27-23(16-22)17-25(31(27)19(2)3)15-20-5-10-24(29)11-6-20/h5-14,16-17,19H,4,15,18H2,1-3H3,(H,30,32). The fourth-order valence-corrected chi connectivity index (χ4v) is 4.81. The van der Waals surface area contributed by atoms with E-state index in [1.54, 1.807) is 11.8 Å². The summed E-state index contributed by atoms with van der Waals surface area (Å²) in [5.41, 5.74) is 5.03. The number of nitrogens with one attached hydrogen (secondary N) is 1. The zero-order chi connectivity index (χ0) is 23.4. The number of rotatable bonds is 8. The molecule has 4 aromatic rings. The number of carbonyl (C=O) groups excluding carboxylic acids is 1. The van der Waals surface area contributed by atoms with E-state index in [0.29, 0.717) is 18.5 Å². The minimum Gasteiger partial charge on any atom is -0.348 e. The van der Waals surface area contributed by atoms with Crippen molar-refractivity contribution in [3.05, 3.63) is 101 Å². The zero-order valence-electron chi connectivity index (χ0n) is 19.3. The van der Waals surface area contributed by atoms with Gasteiger partial charge in [-0.2, -0.15) is 0 Å². The number of amides is 1. The van der Waals surface area contributed by atoms with Crippen LogP contribution in [0.1, 0.15) is 54.0 Å². The predicted octanol–water partition coefficient (Wildman–Crippen LogP) is 6.99. The van der Waals surface area contributed by atoms with Crippen LogP contribution in [0.15, 0.2) is 77.7 Å². The van der Waals surface area contributed by atoms with E-state index in [2.05, 4.69) is 61.0 Å². The van der Waals surface area contributed by atoms with Crippen LogP contribution in [0.5, 0.6) is 0 Å². The minimum atomic E-state index is -0.227. The normalized spacial score (nSPS) is 11.3. The van der Waals surface area contributed by atoms with Gasteiger partial charge in [0.05, 0.1) is 0 Å². The second-order valence-electron chi connectivity index (χ2n) is 8.44. The third kappa shape index (κ3) is 5.48. The summed E-state index contributed by atoms with van der Waals surface area (Å²) in [7, 11) is 0. The fraction of sp³-hybridized carbons (Fsp3) is 0.250. The van der Waals surface area contributed by atoms with Gasteiger partial charge in [0.15, 0.2) is 0 Å². The molecule has 0 saturated carbocycles. The van der Waals surface area contributed by atoms with Crippen LogP contribution in [0, 0.1) is 5.82 Å². The summed E-state index contributed by atoms with van der Waals surface area (Å²) in [5.74, 6) is 0.735. The molecule has 0 aliphatic heterocycles. The van der Waals surface area contributed by atoms with Crippen LogP contribution in [-0.2, 0) is 13.0 Å². The molecule has 33 heavy (non-hydrogen) atoms. The molecule has 1 amide bonds. The van der Waals surface area contributed by atoms with Crippen LogP contribution in [0.2, 0.25) is 0 Å². The van der Waals surface area contributed by atoms with E-state index >= 15 is 0 Å². The Morgan fingerprint density at radius 3 is 2.33 bits per heavy atom. The van der Waals surface area contributed by atoms with E-state index in [-0.39, 0.29) is 17.8 Å². The SMILES string of the molecule is CCSc1ccc(CNC(=O)c2ccc3c(c2)cc(Cc2ccc(F)cc2)n3C(C)C)cc1. The van der Waals surface area contributed by atoms with Crippen LogP contribution >= 0.6 is 11.8 Å². The average Bonchev–Trinajstić information content (AvgIpc) is 3.17. The largest absolute Gasteiger partial charge is 0.348 e. The minimum absolute atomic E-state index is 0.0821. The molecule has 0 bridgehead atoms. The van der Waals surface area contributed by atoms with Crippen LogP contribution in [0.25, 0.3) is 10.9 Å². The molecule has 1 aromatic heterocycles.